The molecule has 0 heterocycles. The van der Waals surface area contributed by atoms with E-state index in [0.29, 0.717) is 31.6 Å². The van der Waals surface area contributed by atoms with Crippen molar-refractivity contribution in [2.45, 2.75) is 12.3 Å². The average molecular weight is 311 g/mol. The van der Waals surface area contributed by atoms with Crippen molar-refractivity contribution in [1.82, 2.24) is 5.32 Å². The highest BCUT2D eigenvalue weighted by Gasteiger charge is 2.12. The molecule has 4 heteroatoms. The molecular weight excluding hydrogens is 286 g/mol. The summed E-state index contributed by atoms with van der Waals surface area (Å²) in [5, 5.41) is 3.06. The van der Waals surface area contributed by atoms with E-state index in [-0.39, 0.29) is 0 Å². The normalized spacial score (nSPS) is 12.8. The Hall–Kier alpha value is -2.33. The monoisotopic (exact) mass is 311 g/mol. The number of benzene rings is 2. The molecule has 4 nitrogen and oxygen atoms in total. The topological polar surface area (TPSA) is 59.6 Å². The Bertz CT molecular complexity index is 584. The summed E-state index contributed by atoms with van der Waals surface area (Å²) in [6.07, 6.45) is 0.944. The number of hydrogen-bond acceptors (Lipinski definition) is 2. The second-order valence-electron chi connectivity index (χ2n) is 5.44. The summed E-state index contributed by atoms with van der Waals surface area (Å²) in [7, 11) is 1.67. The van der Waals surface area contributed by atoms with E-state index in [4.69, 9.17) is 10.5 Å². The van der Waals surface area contributed by atoms with Gasteiger partial charge in [0, 0.05) is 26.1 Å². The predicted octanol–water partition coefficient (Wildman–Crippen LogP) is 2.56. The summed E-state index contributed by atoms with van der Waals surface area (Å²) in [5.41, 5.74) is 8.51. The molecule has 2 aromatic carbocycles. The molecule has 0 bridgehead atoms. The van der Waals surface area contributed by atoms with E-state index in [1.54, 1.807) is 7.11 Å². The first-order valence-electron chi connectivity index (χ1n) is 7.91. The van der Waals surface area contributed by atoms with Crippen molar-refractivity contribution in [1.29, 1.82) is 0 Å². The Morgan fingerprint density at radius 1 is 1.09 bits per heavy atom. The molecule has 1 atom stereocenters. The number of nitrogens with two attached hydrogens (primary N) is 1. The minimum Gasteiger partial charge on any atom is -0.383 e. The average Bonchev–Trinajstić information content (AvgIpc) is 2.60. The maximum atomic E-state index is 5.92. The smallest absolute Gasteiger partial charge is 0.188 e. The van der Waals surface area contributed by atoms with Gasteiger partial charge in [-0.2, -0.15) is 0 Å². The van der Waals surface area contributed by atoms with Crippen molar-refractivity contribution in [3.8, 4) is 0 Å². The molecule has 0 aliphatic heterocycles. The van der Waals surface area contributed by atoms with Gasteiger partial charge in [-0.3, -0.25) is 4.99 Å². The first kappa shape index (κ1) is 17.0. The predicted molar refractivity (Wildman–Crippen MR) is 95.7 cm³/mol. The number of guanidine groups is 1. The number of methoxy groups -OCH3 is 1. The van der Waals surface area contributed by atoms with Crippen LogP contribution in [0.4, 0.5) is 0 Å². The third kappa shape index (κ3) is 6.12. The number of nitrogens with one attached hydrogen (secondary N) is 1. The van der Waals surface area contributed by atoms with E-state index in [9.17, 15) is 0 Å². The second-order valence-corrected chi connectivity index (χ2v) is 5.44. The van der Waals surface area contributed by atoms with Gasteiger partial charge in [-0.15, -0.1) is 0 Å². The van der Waals surface area contributed by atoms with Crippen molar-refractivity contribution in [2.24, 2.45) is 10.7 Å². The lowest BCUT2D eigenvalue weighted by Gasteiger charge is -2.16. The fourth-order valence-electron chi connectivity index (χ4n) is 2.46. The maximum Gasteiger partial charge on any atom is 0.188 e. The summed E-state index contributed by atoms with van der Waals surface area (Å²) < 4.78 is 4.99. The van der Waals surface area contributed by atoms with Crippen LogP contribution in [0.2, 0.25) is 0 Å². The van der Waals surface area contributed by atoms with Crippen LogP contribution in [0, 0.1) is 0 Å². The molecule has 0 aliphatic rings. The number of ether oxygens (including phenoxy) is 1. The van der Waals surface area contributed by atoms with E-state index in [0.717, 1.165) is 6.42 Å². The van der Waals surface area contributed by atoms with Crippen molar-refractivity contribution >= 4 is 5.96 Å². The summed E-state index contributed by atoms with van der Waals surface area (Å²) in [6, 6.07) is 21.0. The molecule has 122 valence electrons. The number of hydrogen-bond donors (Lipinski definition) is 2. The Labute approximate surface area is 138 Å². The van der Waals surface area contributed by atoms with Gasteiger partial charge < -0.3 is 15.8 Å². The van der Waals surface area contributed by atoms with Crippen molar-refractivity contribution in [2.75, 3.05) is 26.8 Å². The summed E-state index contributed by atoms with van der Waals surface area (Å²) in [4.78, 5) is 4.50. The third-order valence-corrected chi connectivity index (χ3v) is 3.69. The second kappa shape index (κ2) is 9.64. The van der Waals surface area contributed by atoms with E-state index < -0.39 is 0 Å². The van der Waals surface area contributed by atoms with Crippen molar-refractivity contribution in [3.63, 3.8) is 0 Å². The zero-order chi connectivity index (χ0) is 16.3. The third-order valence-electron chi connectivity index (χ3n) is 3.69. The quantitative estimate of drug-likeness (QED) is 0.447. The van der Waals surface area contributed by atoms with Gasteiger partial charge in [0.25, 0.3) is 0 Å². The maximum absolute atomic E-state index is 5.92. The molecule has 3 N–H and O–H groups in total. The minimum absolute atomic E-state index is 0.307. The zero-order valence-corrected chi connectivity index (χ0v) is 13.6. The Kier molecular flexibility index (Phi) is 7.14. The molecule has 0 amide bonds. The number of nitrogens with zero attached hydrogens (tertiary/aromatic N) is 1. The number of aliphatic imine (C=N–C) groups is 1. The summed E-state index contributed by atoms with van der Waals surface area (Å²) >= 11 is 0. The van der Waals surface area contributed by atoms with E-state index in [1.165, 1.54) is 11.1 Å². The van der Waals surface area contributed by atoms with Gasteiger partial charge in [0.05, 0.1) is 6.61 Å². The van der Waals surface area contributed by atoms with E-state index >= 15 is 0 Å². The van der Waals surface area contributed by atoms with Crippen LogP contribution in [0.1, 0.15) is 17.0 Å². The summed E-state index contributed by atoms with van der Waals surface area (Å²) in [6.45, 7) is 1.94. The van der Waals surface area contributed by atoms with Crippen molar-refractivity contribution < 1.29 is 4.74 Å². The van der Waals surface area contributed by atoms with Crippen LogP contribution in [0.3, 0.4) is 0 Å². The van der Waals surface area contributed by atoms with Crippen LogP contribution in [-0.2, 0) is 11.2 Å². The van der Waals surface area contributed by atoms with Crippen LogP contribution in [0.15, 0.2) is 65.7 Å². The number of rotatable bonds is 8. The molecule has 2 rings (SSSR count). The Morgan fingerprint density at radius 2 is 1.74 bits per heavy atom. The van der Waals surface area contributed by atoms with Crippen LogP contribution in [0.5, 0.6) is 0 Å². The first-order chi connectivity index (χ1) is 11.3. The van der Waals surface area contributed by atoms with Gasteiger partial charge in [-0.1, -0.05) is 60.7 Å². The van der Waals surface area contributed by atoms with Gasteiger partial charge >= 0.3 is 0 Å². The first-order valence-corrected chi connectivity index (χ1v) is 7.91. The Balaban J connectivity index is 2.03. The van der Waals surface area contributed by atoms with Crippen LogP contribution < -0.4 is 11.1 Å². The molecule has 0 aromatic heterocycles. The van der Waals surface area contributed by atoms with Gasteiger partial charge in [-0.05, 0) is 17.5 Å². The Morgan fingerprint density at radius 3 is 2.39 bits per heavy atom. The van der Waals surface area contributed by atoms with Gasteiger partial charge in [0.2, 0.25) is 0 Å². The lowest BCUT2D eigenvalue weighted by Crippen LogP contribution is -2.34. The minimum atomic E-state index is 0.307. The van der Waals surface area contributed by atoms with E-state index in [1.807, 2.05) is 12.1 Å². The van der Waals surface area contributed by atoms with Gasteiger partial charge in [0.15, 0.2) is 5.96 Å². The molecule has 1 unspecified atom stereocenters. The van der Waals surface area contributed by atoms with Gasteiger partial charge in [-0.25, -0.2) is 0 Å². The fraction of sp³-hybridized carbons (Fsp3) is 0.316. The highest BCUT2D eigenvalue weighted by Crippen LogP contribution is 2.21. The fourth-order valence-corrected chi connectivity index (χ4v) is 2.46. The van der Waals surface area contributed by atoms with E-state index in [2.05, 4.69) is 58.8 Å². The molecule has 23 heavy (non-hydrogen) atoms. The highest BCUT2D eigenvalue weighted by molar-refractivity contribution is 5.77. The SMILES string of the molecule is COCCNC(N)=NCC(Cc1ccccc1)c1ccccc1. The molecule has 0 saturated carbocycles. The molecule has 0 spiro atoms. The molecule has 0 fully saturated rings. The molecule has 2 aromatic rings. The lowest BCUT2D eigenvalue weighted by atomic mass is 9.92. The van der Waals surface area contributed by atoms with Crippen LogP contribution in [-0.4, -0.2) is 32.8 Å². The lowest BCUT2D eigenvalue weighted by molar-refractivity contribution is 0.204. The van der Waals surface area contributed by atoms with Crippen LogP contribution >= 0.6 is 0 Å². The summed E-state index contributed by atoms with van der Waals surface area (Å²) in [5.74, 6) is 0.775. The molecule has 0 saturated heterocycles. The van der Waals surface area contributed by atoms with Gasteiger partial charge in [0.1, 0.15) is 0 Å². The highest BCUT2D eigenvalue weighted by atomic mass is 16.5. The largest absolute Gasteiger partial charge is 0.383 e. The standard InChI is InChI=1S/C19H25N3O/c1-23-13-12-21-19(20)22-15-18(17-10-6-3-7-11-17)14-16-8-4-2-5-9-16/h2-11,18H,12-15H2,1H3,(H3,20,21,22). The molecular formula is C19H25N3O. The molecule has 0 radical (unpaired) electrons. The zero-order valence-electron chi connectivity index (χ0n) is 13.6. The van der Waals surface area contributed by atoms with Crippen molar-refractivity contribution in [3.05, 3.63) is 71.8 Å². The molecule has 0 aliphatic carbocycles. The van der Waals surface area contributed by atoms with Crippen LogP contribution in [0.25, 0.3) is 0 Å².